The first-order valence-corrected chi connectivity index (χ1v) is 10.6. The molecule has 1 aliphatic rings. The number of fused-ring (bicyclic) bond motifs is 1. The number of hydrogen-bond acceptors (Lipinski definition) is 3. The summed E-state index contributed by atoms with van der Waals surface area (Å²) in [4.78, 5) is 22.7. The average molecular weight is 412 g/mol. The minimum Gasteiger partial charge on any atom is -0.328 e. The van der Waals surface area contributed by atoms with Crippen LogP contribution >= 0.6 is 0 Å². The molecule has 0 N–H and O–H groups in total. The second-order valence-corrected chi connectivity index (χ2v) is 8.37. The number of pyridine rings is 2. The van der Waals surface area contributed by atoms with Gasteiger partial charge >= 0.3 is 0 Å². The largest absolute Gasteiger partial charge is 0.328 e. The lowest BCUT2D eigenvalue weighted by molar-refractivity contribution is 0.0998. The molecule has 6 heteroatoms. The third kappa shape index (κ3) is 3.81. The SMILES string of the molecule is Cc1ccc(Cn2ccccc2=NC(=O)c2cc(C3CC3)nc3c2c(C)nn3C)cc1. The first-order valence-electron chi connectivity index (χ1n) is 10.6. The van der Waals surface area contributed by atoms with Crippen LogP contribution in [0.25, 0.3) is 11.0 Å². The smallest absolute Gasteiger partial charge is 0.279 e. The van der Waals surface area contributed by atoms with Crippen molar-refractivity contribution in [3.63, 3.8) is 0 Å². The van der Waals surface area contributed by atoms with E-state index in [0.717, 1.165) is 40.8 Å². The minimum absolute atomic E-state index is 0.255. The van der Waals surface area contributed by atoms with Gasteiger partial charge in [-0.1, -0.05) is 35.9 Å². The molecule has 0 bridgehead atoms. The summed E-state index contributed by atoms with van der Waals surface area (Å²) >= 11 is 0. The first kappa shape index (κ1) is 19.4. The molecule has 6 nitrogen and oxygen atoms in total. The second kappa shape index (κ2) is 7.61. The van der Waals surface area contributed by atoms with Gasteiger partial charge in [-0.2, -0.15) is 10.1 Å². The van der Waals surface area contributed by atoms with E-state index in [0.29, 0.717) is 23.5 Å². The van der Waals surface area contributed by atoms with Crippen molar-refractivity contribution in [2.24, 2.45) is 12.0 Å². The fourth-order valence-corrected chi connectivity index (χ4v) is 3.98. The molecule has 0 unspecified atom stereocenters. The topological polar surface area (TPSA) is 65.1 Å². The molecule has 0 aliphatic heterocycles. The Morgan fingerprint density at radius 3 is 2.65 bits per heavy atom. The molecule has 31 heavy (non-hydrogen) atoms. The van der Waals surface area contributed by atoms with E-state index < -0.39 is 0 Å². The molecule has 1 fully saturated rings. The highest BCUT2D eigenvalue weighted by Crippen LogP contribution is 2.40. The van der Waals surface area contributed by atoms with Crippen molar-refractivity contribution in [1.82, 2.24) is 19.3 Å². The molecular weight excluding hydrogens is 386 g/mol. The fourth-order valence-electron chi connectivity index (χ4n) is 3.98. The van der Waals surface area contributed by atoms with Crippen LogP contribution < -0.4 is 5.49 Å². The first-order chi connectivity index (χ1) is 15.0. The second-order valence-electron chi connectivity index (χ2n) is 8.37. The molecule has 0 spiro atoms. The maximum atomic E-state index is 13.4. The van der Waals surface area contributed by atoms with E-state index in [4.69, 9.17) is 4.98 Å². The number of aromatic nitrogens is 4. The third-order valence-corrected chi connectivity index (χ3v) is 5.82. The number of carbonyl (C=O) groups is 1. The summed E-state index contributed by atoms with van der Waals surface area (Å²) in [6.07, 6.45) is 4.20. The monoisotopic (exact) mass is 411 g/mol. The molecule has 3 heterocycles. The van der Waals surface area contributed by atoms with Gasteiger partial charge in [0.1, 0.15) is 5.49 Å². The standard InChI is InChI=1S/C25H25N5O/c1-16-7-9-18(10-8-16)15-30-13-5-4-6-22(30)27-25(31)20-14-21(19-11-12-19)26-24-23(20)17(2)28-29(24)3/h4-10,13-14,19H,11-12,15H2,1-3H3. The summed E-state index contributed by atoms with van der Waals surface area (Å²) in [7, 11) is 1.87. The molecule has 0 radical (unpaired) electrons. The summed E-state index contributed by atoms with van der Waals surface area (Å²) < 4.78 is 3.76. The Labute approximate surface area is 180 Å². The Balaban J connectivity index is 1.59. The summed E-state index contributed by atoms with van der Waals surface area (Å²) in [6, 6.07) is 16.1. The van der Waals surface area contributed by atoms with Crippen LogP contribution in [0.3, 0.4) is 0 Å². The Bertz CT molecular complexity index is 1360. The number of benzene rings is 1. The molecule has 1 amide bonds. The van der Waals surface area contributed by atoms with Gasteiger partial charge in [-0.3, -0.25) is 9.48 Å². The van der Waals surface area contributed by atoms with E-state index in [2.05, 4.69) is 41.3 Å². The van der Waals surface area contributed by atoms with E-state index >= 15 is 0 Å². The summed E-state index contributed by atoms with van der Waals surface area (Å²) in [5, 5.41) is 5.29. The predicted octanol–water partition coefficient (Wildman–Crippen LogP) is 4.05. The Kier molecular flexibility index (Phi) is 4.77. The van der Waals surface area contributed by atoms with Gasteiger partial charge in [0, 0.05) is 31.4 Å². The molecule has 3 aromatic heterocycles. The van der Waals surface area contributed by atoms with Gasteiger partial charge in [-0.05, 0) is 50.5 Å². The van der Waals surface area contributed by atoms with Crippen LogP contribution in [0.4, 0.5) is 0 Å². The van der Waals surface area contributed by atoms with Gasteiger partial charge in [0.05, 0.1) is 16.6 Å². The minimum atomic E-state index is -0.255. The molecule has 5 rings (SSSR count). The Morgan fingerprint density at radius 1 is 1.13 bits per heavy atom. The normalized spacial score (nSPS) is 14.4. The van der Waals surface area contributed by atoms with E-state index in [1.54, 1.807) is 4.68 Å². The van der Waals surface area contributed by atoms with Gasteiger partial charge < -0.3 is 4.57 Å². The van der Waals surface area contributed by atoms with Crippen LogP contribution in [0, 0.1) is 13.8 Å². The lowest BCUT2D eigenvalue weighted by atomic mass is 10.1. The van der Waals surface area contributed by atoms with Crippen LogP contribution in [0.1, 0.15) is 51.6 Å². The zero-order valence-electron chi connectivity index (χ0n) is 18.0. The van der Waals surface area contributed by atoms with Gasteiger partial charge in [0.2, 0.25) is 0 Å². The summed E-state index contributed by atoms with van der Waals surface area (Å²) in [5.41, 5.74) is 6.12. The van der Waals surface area contributed by atoms with Crippen LogP contribution in [0.2, 0.25) is 0 Å². The zero-order valence-corrected chi connectivity index (χ0v) is 18.0. The highest BCUT2D eigenvalue weighted by atomic mass is 16.1. The van der Waals surface area contributed by atoms with Crippen LogP contribution in [-0.2, 0) is 13.6 Å². The van der Waals surface area contributed by atoms with Crippen molar-refractivity contribution in [3.05, 3.63) is 88.3 Å². The number of nitrogens with zero attached hydrogens (tertiary/aromatic N) is 5. The molecule has 0 atom stereocenters. The number of rotatable bonds is 4. The Morgan fingerprint density at radius 2 is 1.90 bits per heavy atom. The molecule has 1 saturated carbocycles. The van der Waals surface area contributed by atoms with Crippen molar-refractivity contribution in [2.45, 2.75) is 39.2 Å². The maximum Gasteiger partial charge on any atom is 0.279 e. The maximum absolute atomic E-state index is 13.4. The molecule has 1 aromatic carbocycles. The Hall–Kier alpha value is -3.54. The zero-order chi connectivity index (χ0) is 21.5. The van der Waals surface area contributed by atoms with Gasteiger partial charge in [0.15, 0.2) is 5.65 Å². The summed E-state index contributed by atoms with van der Waals surface area (Å²) in [5.74, 6) is 0.184. The molecular formula is C25H25N5O. The van der Waals surface area contributed by atoms with Crippen molar-refractivity contribution < 1.29 is 4.79 Å². The van der Waals surface area contributed by atoms with Crippen molar-refractivity contribution in [1.29, 1.82) is 0 Å². The number of hydrogen-bond donors (Lipinski definition) is 0. The van der Waals surface area contributed by atoms with Crippen LogP contribution in [0.5, 0.6) is 0 Å². The summed E-state index contributed by atoms with van der Waals surface area (Å²) in [6.45, 7) is 4.64. The average Bonchev–Trinajstić information content (AvgIpc) is 3.57. The third-order valence-electron chi connectivity index (χ3n) is 5.82. The fraction of sp³-hybridized carbons (Fsp3) is 0.280. The molecule has 0 saturated heterocycles. The number of amides is 1. The lowest BCUT2D eigenvalue weighted by Gasteiger charge is -2.08. The van der Waals surface area contributed by atoms with Crippen LogP contribution in [-0.4, -0.2) is 25.2 Å². The predicted molar refractivity (Wildman–Crippen MR) is 120 cm³/mol. The van der Waals surface area contributed by atoms with Crippen molar-refractivity contribution in [2.75, 3.05) is 0 Å². The van der Waals surface area contributed by atoms with Gasteiger partial charge in [-0.15, -0.1) is 0 Å². The van der Waals surface area contributed by atoms with Gasteiger partial charge in [0.25, 0.3) is 5.91 Å². The van der Waals surface area contributed by atoms with E-state index in [9.17, 15) is 4.79 Å². The highest BCUT2D eigenvalue weighted by molar-refractivity contribution is 6.07. The van der Waals surface area contributed by atoms with E-state index in [1.165, 1.54) is 5.56 Å². The highest BCUT2D eigenvalue weighted by Gasteiger charge is 2.28. The van der Waals surface area contributed by atoms with Crippen molar-refractivity contribution in [3.8, 4) is 0 Å². The van der Waals surface area contributed by atoms with Crippen LogP contribution in [0.15, 0.2) is 59.7 Å². The van der Waals surface area contributed by atoms with Gasteiger partial charge in [-0.25, -0.2) is 4.98 Å². The number of aryl methyl sites for hydroxylation is 3. The lowest BCUT2D eigenvalue weighted by Crippen LogP contribution is -2.22. The van der Waals surface area contributed by atoms with E-state index in [-0.39, 0.29) is 5.91 Å². The van der Waals surface area contributed by atoms with Crippen molar-refractivity contribution >= 4 is 16.9 Å². The van der Waals surface area contributed by atoms with E-state index in [1.807, 2.05) is 49.0 Å². The molecule has 156 valence electrons. The molecule has 4 aromatic rings. The number of carbonyl (C=O) groups excluding carboxylic acids is 1. The molecule has 1 aliphatic carbocycles. The quantitative estimate of drug-likeness (QED) is 0.509.